The molecule has 0 heterocycles. The molecule has 0 amide bonds. The highest BCUT2D eigenvalue weighted by Gasteiger charge is 2.23. The van der Waals surface area contributed by atoms with Gasteiger partial charge < -0.3 is 10.1 Å². The summed E-state index contributed by atoms with van der Waals surface area (Å²) >= 11 is 0. The first-order valence-corrected chi connectivity index (χ1v) is 8.30. The van der Waals surface area contributed by atoms with Gasteiger partial charge in [0.2, 0.25) is 0 Å². The Kier molecular flexibility index (Phi) is 6.04. The SMILES string of the molecule is CCCNC(C)c1c(F)cccc1OC1CCCC(C)C1. The summed E-state index contributed by atoms with van der Waals surface area (Å²) in [5, 5.41) is 3.36. The highest BCUT2D eigenvalue weighted by atomic mass is 19.1. The summed E-state index contributed by atoms with van der Waals surface area (Å²) < 4.78 is 20.4. The zero-order valence-electron chi connectivity index (χ0n) is 13.5. The summed E-state index contributed by atoms with van der Waals surface area (Å²) in [6, 6.07) is 5.15. The molecule has 1 N–H and O–H groups in total. The number of hydrogen-bond donors (Lipinski definition) is 1. The lowest BCUT2D eigenvalue weighted by atomic mass is 9.88. The van der Waals surface area contributed by atoms with Crippen molar-refractivity contribution < 1.29 is 9.13 Å². The molecule has 1 aromatic carbocycles. The summed E-state index contributed by atoms with van der Waals surface area (Å²) in [6.45, 7) is 7.27. The van der Waals surface area contributed by atoms with E-state index in [-0.39, 0.29) is 18.0 Å². The third kappa shape index (κ3) is 4.44. The first kappa shape index (κ1) is 16.3. The topological polar surface area (TPSA) is 21.3 Å². The van der Waals surface area contributed by atoms with Gasteiger partial charge >= 0.3 is 0 Å². The van der Waals surface area contributed by atoms with Gasteiger partial charge in [0.25, 0.3) is 0 Å². The van der Waals surface area contributed by atoms with Crippen molar-refractivity contribution in [2.45, 2.75) is 65.0 Å². The Morgan fingerprint density at radius 3 is 2.90 bits per heavy atom. The van der Waals surface area contributed by atoms with Crippen LogP contribution < -0.4 is 10.1 Å². The molecule has 2 nitrogen and oxygen atoms in total. The van der Waals surface area contributed by atoms with E-state index in [4.69, 9.17) is 4.74 Å². The highest BCUT2D eigenvalue weighted by molar-refractivity contribution is 5.37. The van der Waals surface area contributed by atoms with E-state index in [1.165, 1.54) is 18.9 Å². The zero-order valence-corrected chi connectivity index (χ0v) is 13.5. The van der Waals surface area contributed by atoms with Crippen molar-refractivity contribution in [2.75, 3.05) is 6.54 Å². The summed E-state index contributed by atoms with van der Waals surface area (Å²) in [4.78, 5) is 0. The molecular weight excluding hydrogens is 265 g/mol. The van der Waals surface area contributed by atoms with Crippen LogP contribution in [-0.4, -0.2) is 12.6 Å². The van der Waals surface area contributed by atoms with Gasteiger partial charge in [-0.1, -0.05) is 26.3 Å². The van der Waals surface area contributed by atoms with E-state index in [1.807, 2.05) is 13.0 Å². The van der Waals surface area contributed by atoms with Gasteiger partial charge in [0.1, 0.15) is 11.6 Å². The van der Waals surface area contributed by atoms with Gasteiger partial charge in [-0.15, -0.1) is 0 Å². The van der Waals surface area contributed by atoms with Crippen molar-refractivity contribution in [1.29, 1.82) is 0 Å². The summed E-state index contributed by atoms with van der Waals surface area (Å²) in [5.41, 5.74) is 0.671. The standard InChI is InChI=1S/C18H28FNO/c1-4-11-20-14(3)18-16(19)9-6-10-17(18)21-15-8-5-7-13(2)12-15/h6,9-10,13-15,20H,4-5,7-8,11-12H2,1-3H3. The molecule has 2 rings (SSSR count). The highest BCUT2D eigenvalue weighted by Crippen LogP contribution is 2.32. The Balaban J connectivity index is 2.12. The van der Waals surface area contributed by atoms with Crippen molar-refractivity contribution in [3.05, 3.63) is 29.6 Å². The summed E-state index contributed by atoms with van der Waals surface area (Å²) in [6.07, 6.45) is 5.91. The molecule has 0 saturated heterocycles. The van der Waals surface area contributed by atoms with Crippen molar-refractivity contribution in [2.24, 2.45) is 5.92 Å². The van der Waals surface area contributed by atoms with Crippen molar-refractivity contribution in [3.8, 4) is 5.75 Å². The zero-order chi connectivity index (χ0) is 15.2. The molecule has 118 valence electrons. The molecule has 1 aliphatic rings. The van der Waals surface area contributed by atoms with Crippen LogP contribution in [0, 0.1) is 11.7 Å². The van der Waals surface area contributed by atoms with E-state index in [1.54, 1.807) is 6.07 Å². The predicted octanol–water partition coefficient (Wildman–Crippen LogP) is 4.84. The van der Waals surface area contributed by atoms with Gasteiger partial charge in [0.15, 0.2) is 0 Å². The molecule has 21 heavy (non-hydrogen) atoms. The Bertz CT molecular complexity index is 449. The van der Waals surface area contributed by atoms with Gasteiger partial charge in [-0.05, 0) is 57.2 Å². The fraction of sp³-hybridized carbons (Fsp3) is 0.667. The molecule has 0 aromatic heterocycles. The minimum Gasteiger partial charge on any atom is -0.490 e. The summed E-state index contributed by atoms with van der Waals surface area (Å²) in [5.74, 6) is 1.24. The summed E-state index contributed by atoms with van der Waals surface area (Å²) in [7, 11) is 0. The smallest absolute Gasteiger partial charge is 0.131 e. The van der Waals surface area contributed by atoms with Gasteiger partial charge in [0.05, 0.1) is 6.10 Å². The molecule has 0 aliphatic heterocycles. The second-order valence-electron chi connectivity index (χ2n) is 6.34. The Labute approximate surface area is 128 Å². The Morgan fingerprint density at radius 2 is 2.19 bits per heavy atom. The maximum absolute atomic E-state index is 14.2. The van der Waals surface area contributed by atoms with E-state index >= 15 is 0 Å². The minimum atomic E-state index is -0.174. The van der Waals surface area contributed by atoms with Gasteiger partial charge in [-0.2, -0.15) is 0 Å². The van der Waals surface area contributed by atoms with E-state index in [9.17, 15) is 4.39 Å². The molecule has 1 aromatic rings. The number of rotatable bonds is 6. The second kappa shape index (κ2) is 7.79. The fourth-order valence-corrected chi connectivity index (χ4v) is 3.17. The Morgan fingerprint density at radius 1 is 1.38 bits per heavy atom. The number of nitrogens with one attached hydrogen (secondary N) is 1. The number of halogens is 1. The van der Waals surface area contributed by atoms with E-state index in [0.29, 0.717) is 17.2 Å². The average molecular weight is 293 g/mol. The third-order valence-electron chi connectivity index (χ3n) is 4.33. The quantitative estimate of drug-likeness (QED) is 0.810. The molecule has 0 spiro atoms. The van der Waals surface area contributed by atoms with Crippen LogP contribution in [0.5, 0.6) is 5.75 Å². The first-order chi connectivity index (χ1) is 10.1. The van der Waals surface area contributed by atoms with Crippen molar-refractivity contribution >= 4 is 0 Å². The van der Waals surface area contributed by atoms with Crippen LogP contribution in [0.2, 0.25) is 0 Å². The van der Waals surface area contributed by atoms with E-state index in [0.717, 1.165) is 25.8 Å². The molecule has 0 bridgehead atoms. The van der Waals surface area contributed by atoms with Gasteiger partial charge in [-0.3, -0.25) is 0 Å². The van der Waals surface area contributed by atoms with Crippen LogP contribution in [0.1, 0.15) is 64.5 Å². The number of ether oxygens (including phenoxy) is 1. The number of benzene rings is 1. The van der Waals surface area contributed by atoms with Gasteiger partial charge in [0, 0.05) is 11.6 Å². The van der Waals surface area contributed by atoms with Crippen LogP contribution in [0.25, 0.3) is 0 Å². The minimum absolute atomic E-state index is 0.0258. The Hall–Kier alpha value is -1.09. The monoisotopic (exact) mass is 293 g/mol. The van der Waals surface area contributed by atoms with Crippen LogP contribution in [-0.2, 0) is 0 Å². The van der Waals surface area contributed by atoms with Crippen LogP contribution >= 0.6 is 0 Å². The lowest BCUT2D eigenvalue weighted by molar-refractivity contribution is 0.126. The van der Waals surface area contributed by atoms with Crippen LogP contribution in [0.3, 0.4) is 0 Å². The molecular formula is C18H28FNO. The molecule has 3 atom stereocenters. The second-order valence-corrected chi connectivity index (χ2v) is 6.34. The normalized spacial score (nSPS) is 23.8. The van der Waals surface area contributed by atoms with E-state index < -0.39 is 0 Å². The van der Waals surface area contributed by atoms with Crippen LogP contribution in [0.15, 0.2) is 18.2 Å². The molecule has 3 unspecified atom stereocenters. The maximum Gasteiger partial charge on any atom is 0.131 e. The van der Waals surface area contributed by atoms with E-state index in [2.05, 4.69) is 19.2 Å². The third-order valence-corrected chi connectivity index (χ3v) is 4.33. The largest absolute Gasteiger partial charge is 0.490 e. The average Bonchev–Trinajstić information content (AvgIpc) is 2.45. The van der Waals surface area contributed by atoms with Crippen molar-refractivity contribution in [3.63, 3.8) is 0 Å². The molecule has 1 fully saturated rings. The molecule has 1 saturated carbocycles. The predicted molar refractivity (Wildman–Crippen MR) is 85.2 cm³/mol. The molecule has 3 heteroatoms. The fourth-order valence-electron chi connectivity index (χ4n) is 3.17. The van der Waals surface area contributed by atoms with Crippen molar-refractivity contribution in [1.82, 2.24) is 5.32 Å². The first-order valence-electron chi connectivity index (χ1n) is 8.30. The molecule has 1 aliphatic carbocycles. The van der Waals surface area contributed by atoms with Gasteiger partial charge in [-0.25, -0.2) is 4.39 Å². The lowest BCUT2D eigenvalue weighted by Gasteiger charge is -2.29. The molecule has 0 radical (unpaired) electrons. The maximum atomic E-state index is 14.2. The lowest BCUT2D eigenvalue weighted by Crippen LogP contribution is -2.26. The van der Waals surface area contributed by atoms with Crippen LogP contribution in [0.4, 0.5) is 4.39 Å². The number of hydrogen-bond acceptors (Lipinski definition) is 2.